The molecular formula is C12H18FNS. The molecule has 1 aromatic rings. The molecule has 0 atom stereocenters. The maximum atomic E-state index is 13.5. The van der Waals surface area contributed by atoms with Crippen LogP contribution in [-0.2, 0) is 0 Å². The van der Waals surface area contributed by atoms with Crippen molar-refractivity contribution in [1.29, 1.82) is 0 Å². The Hall–Kier alpha value is -0.540. The summed E-state index contributed by atoms with van der Waals surface area (Å²) in [7, 11) is 0. The van der Waals surface area contributed by atoms with E-state index in [0.29, 0.717) is 11.4 Å². The van der Waals surface area contributed by atoms with Gasteiger partial charge in [0, 0.05) is 16.2 Å². The van der Waals surface area contributed by atoms with Crippen LogP contribution in [0.4, 0.5) is 4.39 Å². The maximum Gasteiger partial charge on any atom is 0.136 e. The number of benzene rings is 1. The summed E-state index contributed by atoms with van der Waals surface area (Å²) in [5, 5.41) is 0. The minimum absolute atomic E-state index is 0.0256. The van der Waals surface area contributed by atoms with Crippen molar-refractivity contribution in [2.24, 2.45) is 5.73 Å². The molecule has 0 heterocycles. The van der Waals surface area contributed by atoms with Gasteiger partial charge in [-0.15, -0.1) is 11.8 Å². The van der Waals surface area contributed by atoms with Crippen LogP contribution < -0.4 is 5.73 Å². The van der Waals surface area contributed by atoms with Gasteiger partial charge in [-0.2, -0.15) is 0 Å². The van der Waals surface area contributed by atoms with Gasteiger partial charge in [0.05, 0.1) is 0 Å². The van der Waals surface area contributed by atoms with E-state index in [0.717, 1.165) is 12.8 Å². The molecule has 0 unspecified atom stereocenters. The van der Waals surface area contributed by atoms with Gasteiger partial charge in [0.1, 0.15) is 5.82 Å². The molecular weight excluding hydrogens is 209 g/mol. The van der Waals surface area contributed by atoms with Crippen molar-refractivity contribution >= 4 is 11.8 Å². The zero-order valence-corrected chi connectivity index (χ0v) is 10.1. The summed E-state index contributed by atoms with van der Waals surface area (Å²) in [6.07, 6.45) is 1.91. The first kappa shape index (κ1) is 12.5. The molecule has 3 heteroatoms. The molecule has 0 radical (unpaired) electrons. The molecule has 0 saturated carbocycles. The second-order valence-electron chi connectivity index (χ2n) is 3.63. The predicted molar refractivity (Wildman–Crippen MR) is 64.6 cm³/mol. The van der Waals surface area contributed by atoms with E-state index in [1.165, 1.54) is 6.07 Å². The molecule has 0 aliphatic heterocycles. The van der Waals surface area contributed by atoms with Crippen molar-refractivity contribution in [3.63, 3.8) is 0 Å². The Bertz CT molecular complexity index is 302. The van der Waals surface area contributed by atoms with E-state index >= 15 is 0 Å². The van der Waals surface area contributed by atoms with Crippen LogP contribution in [0.3, 0.4) is 0 Å². The number of hydrogen-bond acceptors (Lipinski definition) is 2. The van der Waals surface area contributed by atoms with E-state index < -0.39 is 0 Å². The largest absolute Gasteiger partial charge is 0.329 e. The second-order valence-corrected chi connectivity index (χ2v) is 5.14. The van der Waals surface area contributed by atoms with E-state index in [9.17, 15) is 4.39 Å². The molecule has 2 N–H and O–H groups in total. The summed E-state index contributed by atoms with van der Waals surface area (Å²) >= 11 is 1.56. The smallest absolute Gasteiger partial charge is 0.136 e. The molecule has 0 aliphatic carbocycles. The minimum atomic E-state index is -0.151. The van der Waals surface area contributed by atoms with Gasteiger partial charge in [-0.3, -0.25) is 0 Å². The molecule has 0 saturated heterocycles. The SMILES string of the molecule is CCC(CC)(CN)Sc1ccccc1F. The highest BCUT2D eigenvalue weighted by Crippen LogP contribution is 2.38. The third-order valence-electron chi connectivity index (χ3n) is 2.82. The molecule has 0 bridgehead atoms. The van der Waals surface area contributed by atoms with Crippen LogP contribution in [0.2, 0.25) is 0 Å². The third kappa shape index (κ3) is 2.95. The number of hydrogen-bond donors (Lipinski definition) is 1. The molecule has 84 valence electrons. The molecule has 1 rings (SSSR count). The lowest BCUT2D eigenvalue weighted by atomic mass is 10.0. The molecule has 0 amide bonds. The zero-order chi connectivity index (χ0) is 11.3. The first-order valence-corrected chi connectivity index (χ1v) is 6.12. The second kappa shape index (κ2) is 5.52. The Balaban J connectivity index is 2.88. The van der Waals surface area contributed by atoms with Crippen LogP contribution in [-0.4, -0.2) is 11.3 Å². The lowest BCUT2D eigenvalue weighted by molar-refractivity contribution is 0.552. The summed E-state index contributed by atoms with van der Waals surface area (Å²) < 4.78 is 13.4. The van der Waals surface area contributed by atoms with Gasteiger partial charge < -0.3 is 5.73 Å². The number of halogens is 1. The lowest BCUT2D eigenvalue weighted by Gasteiger charge is -2.29. The molecule has 0 aromatic heterocycles. The van der Waals surface area contributed by atoms with E-state index in [1.54, 1.807) is 17.8 Å². The normalized spacial score (nSPS) is 11.7. The quantitative estimate of drug-likeness (QED) is 0.780. The topological polar surface area (TPSA) is 26.0 Å². The Morgan fingerprint density at radius 3 is 2.33 bits per heavy atom. The van der Waals surface area contributed by atoms with Crippen LogP contribution in [0, 0.1) is 5.82 Å². The molecule has 1 nitrogen and oxygen atoms in total. The highest BCUT2D eigenvalue weighted by atomic mass is 32.2. The maximum absolute atomic E-state index is 13.5. The summed E-state index contributed by atoms with van der Waals surface area (Å²) in [5.41, 5.74) is 5.78. The fourth-order valence-electron chi connectivity index (χ4n) is 1.49. The van der Waals surface area contributed by atoms with Gasteiger partial charge in [-0.05, 0) is 25.0 Å². The fraction of sp³-hybridized carbons (Fsp3) is 0.500. The van der Waals surface area contributed by atoms with Crippen molar-refractivity contribution in [2.45, 2.75) is 36.3 Å². The number of nitrogens with two attached hydrogens (primary N) is 1. The van der Waals surface area contributed by atoms with Crippen LogP contribution >= 0.6 is 11.8 Å². The van der Waals surface area contributed by atoms with Gasteiger partial charge in [0.25, 0.3) is 0 Å². The van der Waals surface area contributed by atoms with Crippen LogP contribution in [0.25, 0.3) is 0 Å². The Kier molecular flexibility index (Phi) is 4.61. The molecule has 0 fully saturated rings. The van der Waals surface area contributed by atoms with Crippen LogP contribution in [0.5, 0.6) is 0 Å². The monoisotopic (exact) mass is 227 g/mol. The van der Waals surface area contributed by atoms with Crippen LogP contribution in [0.1, 0.15) is 26.7 Å². The van der Waals surface area contributed by atoms with Crippen LogP contribution in [0.15, 0.2) is 29.2 Å². The summed E-state index contributed by atoms with van der Waals surface area (Å²) in [6.45, 7) is 4.79. The first-order chi connectivity index (χ1) is 7.17. The Morgan fingerprint density at radius 2 is 1.87 bits per heavy atom. The fourth-order valence-corrected chi connectivity index (χ4v) is 2.64. The third-order valence-corrected chi connectivity index (χ3v) is 4.55. The van der Waals surface area contributed by atoms with Crippen molar-refractivity contribution < 1.29 is 4.39 Å². The van der Waals surface area contributed by atoms with Gasteiger partial charge in [-0.1, -0.05) is 26.0 Å². The van der Waals surface area contributed by atoms with Crippen molar-refractivity contribution in [2.75, 3.05) is 6.54 Å². The molecule has 0 aliphatic rings. The van der Waals surface area contributed by atoms with Gasteiger partial charge in [-0.25, -0.2) is 4.39 Å². The van der Waals surface area contributed by atoms with Crippen molar-refractivity contribution in [3.8, 4) is 0 Å². The summed E-state index contributed by atoms with van der Waals surface area (Å²) in [6, 6.07) is 6.88. The van der Waals surface area contributed by atoms with E-state index in [-0.39, 0.29) is 10.6 Å². The molecule has 15 heavy (non-hydrogen) atoms. The zero-order valence-electron chi connectivity index (χ0n) is 9.29. The van der Waals surface area contributed by atoms with E-state index in [4.69, 9.17) is 5.73 Å². The van der Waals surface area contributed by atoms with Crippen molar-refractivity contribution in [1.82, 2.24) is 0 Å². The Morgan fingerprint density at radius 1 is 1.27 bits per heavy atom. The molecule has 0 spiro atoms. The lowest BCUT2D eigenvalue weighted by Crippen LogP contribution is -2.32. The number of rotatable bonds is 5. The standard InChI is InChI=1S/C12H18FNS/c1-3-12(4-2,9-14)15-11-8-6-5-7-10(11)13/h5-8H,3-4,9,14H2,1-2H3. The van der Waals surface area contributed by atoms with E-state index in [2.05, 4.69) is 13.8 Å². The minimum Gasteiger partial charge on any atom is -0.329 e. The van der Waals surface area contributed by atoms with Gasteiger partial charge in [0.2, 0.25) is 0 Å². The average molecular weight is 227 g/mol. The summed E-state index contributed by atoms with van der Waals surface area (Å²) in [4.78, 5) is 0.701. The van der Waals surface area contributed by atoms with Crippen molar-refractivity contribution in [3.05, 3.63) is 30.1 Å². The predicted octanol–water partition coefficient (Wildman–Crippen LogP) is 3.44. The highest BCUT2D eigenvalue weighted by molar-refractivity contribution is 8.00. The molecule has 1 aromatic carbocycles. The van der Waals surface area contributed by atoms with E-state index in [1.807, 2.05) is 12.1 Å². The van der Waals surface area contributed by atoms with Gasteiger partial charge in [0.15, 0.2) is 0 Å². The first-order valence-electron chi connectivity index (χ1n) is 5.31. The average Bonchev–Trinajstić information content (AvgIpc) is 2.29. The van der Waals surface area contributed by atoms with Gasteiger partial charge >= 0.3 is 0 Å². The Labute approximate surface area is 95.2 Å². The number of thioether (sulfide) groups is 1. The highest BCUT2D eigenvalue weighted by Gasteiger charge is 2.26. The summed E-state index contributed by atoms with van der Waals surface area (Å²) in [5.74, 6) is -0.151.